The van der Waals surface area contributed by atoms with E-state index in [2.05, 4.69) is 24.0 Å². The molecule has 94 valence electrons. The van der Waals surface area contributed by atoms with Crippen LogP contribution >= 0.6 is 11.3 Å². The van der Waals surface area contributed by atoms with Crippen molar-refractivity contribution in [2.45, 2.75) is 39.2 Å². The van der Waals surface area contributed by atoms with Crippen molar-refractivity contribution in [1.82, 2.24) is 9.97 Å². The van der Waals surface area contributed by atoms with Gasteiger partial charge in [0.05, 0.1) is 11.4 Å². The van der Waals surface area contributed by atoms with Gasteiger partial charge in [0.25, 0.3) is 0 Å². The van der Waals surface area contributed by atoms with E-state index in [4.69, 9.17) is 10.7 Å². The molecule has 2 heterocycles. The minimum absolute atomic E-state index is 0.172. The Morgan fingerprint density at radius 3 is 2.83 bits per heavy atom. The highest BCUT2D eigenvalue weighted by atomic mass is 32.1. The first kappa shape index (κ1) is 11.8. The fraction of sp³-hybridized carbons (Fsp3) is 0.429. The van der Waals surface area contributed by atoms with E-state index < -0.39 is 0 Å². The van der Waals surface area contributed by atoms with Crippen molar-refractivity contribution in [1.29, 1.82) is 0 Å². The summed E-state index contributed by atoms with van der Waals surface area (Å²) in [5.74, 6) is 0. The molecule has 0 radical (unpaired) electrons. The Bertz CT molecular complexity index is 568. The topological polar surface area (TPSA) is 51.8 Å². The van der Waals surface area contributed by atoms with Crippen LogP contribution in [0.5, 0.6) is 0 Å². The molecule has 1 aliphatic carbocycles. The molecule has 1 atom stereocenters. The van der Waals surface area contributed by atoms with Crippen LogP contribution in [0, 0.1) is 13.8 Å². The van der Waals surface area contributed by atoms with Crippen LogP contribution in [0.15, 0.2) is 12.1 Å². The van der Waals surface area contributed by atoms with Crippen LogP contribution in [0.4, 0.5) is 0 Å². The van der Waals surface area contributed by atoms with Gasteiger partial charge in [-0.15, -0.1) is 11.3 Å². The number of hydrogen-bond donors (Lipinski definition) is 1. The fourth-order valence-electron chi connectivity index (χ4n) is 2.51. The van der Waals surface area contributed by atoms with Crippen molar-refractivity contribution in [3.8, 4) is 10.7 Å². The van der Waals surface area contributed by atoms with Crippen LogP contribution in [0.3, 0.4) is 0 Å². The van der Waals surface area contributed by atoms with Gasteiger partial charge in [0.2, 0.25) is 0 Å². The molecule has 0 spiro atoms. The average Bonchev–Trinajstić information content (AvgIpc) is 2.73. The Balaban J connectivity index is 2.07. The van der Waals surface area contributed by atoms with Crippen molar-refractivity contribution in [3.05, 3.63) is 34.0 Å². The largest absolute Gasteiger partial charge is 0.323 e. The Labute approximate surface area is 111 Å². The molecule has 0 aromatic carbocycles. The van der Waals surface area contributed by atoms with Crippen LogP contribution < -0.4 is 5.73 Å². The van der Waals surface area contributed by atoms with E-state index in [9.17, 15) is 0 Å². The molecule has 2 aromatic rings. The molecule has 1 aliphatic rings. The summed E-state index contributed by atoms with van der Waals surface area (Å²) in [7, 11) is 0. The van der Waals surface area contributed by atoms with Gasteiger partial charge < -0.3 is 5.73 Å². The predicted octanol–water partition coefficient (Wildman–Crippen LogP) is 3.16. The minimum atomic E-state index is 0.172. The van der Waals surface area contributed by atoms with Crippen molar-refractivity contribution in [2.75, 3.05) is 0 Å². The second kappa shape index (κ2) is 4.44. The average molecular weight is 259 g/mol. The smallest absolute Gasteiger partial charge is 0.142 e. The lowest BCUT2D eigenvalue weighted by molar-refractivity contribution is 0.573. The zero-order valence-corrected chi connectivity index (χ0v) is 11.5. The van der Waals surface area contributed by atoms with Gasteiger partial charge in [-0.25, -0.2) is 4.98 Å². The van der Waals surface area contributed by atoms with Gasteiger partial charge >= 0.3 is 0 Å². The summed E-state index contributed by atoms with van der Waals surface area (Å²) in [6.45, 7) is 4.12. The normalized spacial score (nSPS) is 18.7. The number of thiazole rings is 1. The third kappa shape index (κ3) is 2.06. The Morgan fingerprint density at radius 2 is 2.11 bits per heavy atom. The summed E-state index contributed by atoms with van der Waals surface area (Å²) in [5, 5.41) is 1.02. The number of aryl methyl sites for hydroxylation is 3. The maximum Gasteiger partial charge on any atom is 0.142 e. The van der Waals surface area contributed by atoms with E-state index in [0.29, 0.717) is 0 Å². The number of hydrogen-bond acceptors (Lipinski definition) is 4. The molecule has 3 nitrogen and oxygen atoms in total. The van der Waals surface area contributed by atoms with E-state index in [1.54, 1.807) is 11.3 Å². The number of rotatable bonds is 1. The molecule has 0 aliphatic heterocycles. The molecule has 2 aromatic heterocycles. The first-order valence-corrected chi connectivity index (χ1v) is 7.16. The predicted molar refractivity (Wildman–Crippen MR) is 74.7 cm³/mol. The second-order valence-corrected chi connectivity index (χ2v) is 6.03. The summed E-state index contributed by atoms with van der Waals surface area (Å²) in [6, 6.07) is 4.36. The van der Waals surface area contributed by atoms with Crippen molar-refractivity contribution < 1.29 is 0 Å². The maximum absolute atomic E-state index is 6.15. The molecule has 3 rings (SSSR count). The molecule has 0 amide bonds. The van der Waals surface area contributed by atoms with E-state index in [1.807, 2.05) is 6.92 Å². The molecule has 0 saturated heterocycles. The second-order valence-electron chi connectivity index (χ2n) is 5.00. The Hall–Kier alpha value is -1.26. The van der Waals surface area contributed by atoms with Gasteiger partial charge in [0.15, 0.2) is 0 Å². The molecule has 18 heavy (non-hydrogen) atoms. The van der Waals surface area contributed by atoms with Gasteiger partial charge in [-0.05, 0) is 50.8 Å². The molecule has 1 unspecified atom stereocenters. The van der Waals surface area contributed by atoms with Gasteiger partial charge in [-0.1, -0.05) is 0 Å². The highest BCUT2D eigenvalue weighted by Gasteiger charge is 2.22. The lowest BCUT2D eigenvalue weighted by atomic mass is 9.99. The first-order chi connectivity index (χ1) is 8.63. The Kier molecular flexibility index (Phi) is 2.92. The third-order valence-electron chi connectivity index (χ3n) is 3.31. The van der Waals surface area contributed by atoms with Gasteiger partial charge in [0.1, 0.15) is 5.01 Å². The fourth-order valence-corrected chi connectivity index (χ4v) is 3.62. The zero-order valence-electron chi connectivity index (χ0n) is 10.7. The highest BCUT2D eigenvalue weighted by Crippen LogP contribution is 2.36. The number of aromatic nitrogens is 2. The maximum atomic E-state index is 6.15. The number of nitrogens with two attached hydrogens (primary N) is 1. The van der Waals surface area contributed by atoms with Crippen LogP contribution in [0.2, 0.25) is 0 Å². The molecular formula is C14H17N3S. The minimum Gasteiger partial charge on any atom is -0.323 e. The van der Waals surface area contributed by atoms with E-state index in [1.165, 1.54) is 16.1 Å². The quantitative estimate of drug-likeness (QED) is 0.856. The summed E-state index contributed by atoms with van der Waals surface area (Å²) < 4.78 is 0. The van der Waals surface area contributed by atoms with Gasteiger partial charge in [-0.3, -0.25) is 4.98 Å². The van der Waals surface area contributed by atoms with Gasteiger partial charge in [0, 0.05) is 16.6 Å². The third-order valence-corrected chi connectivity index (χ3v) is 4.56. The van der Waals surface area contributed by atoms with Crippen LogP contribution in [-0.4, -0.2) is 9.97 Å². The van der Waals surface area contributed by atoms with Gasteiger partial charge in [-0.2, -0.15) is 0 Å². The van der Waals surface area contributed by atoms with E-state index in [0.717, 1.165) is 35.7 Å². The zero-order chi connectivity index (χ0) is 12.7. The number of fused-ring (bicyclic) bond motifs is 1. The lowest BCUT2D eigenvalue weighted by Crippen LogP contribution is -2.15. The number of nitrogens with zero attached hydrogens (tertiary/aromatic N) is 2. The first-order valence-electron chi connectivity index (χ1n) is 6.34. The monoisotopic (exact) mass is 259 g/mol. The molecular weight excluding hydrogens is 242 g/mol. The molecule has 0 bridgehead atoms. The molecule has 0 fully saturated rings. The van der Waals surface area contributed by atoms with Crippen LogP contribution in [0.1, 0.15) is 40.7 Å². The van der Waals surface area contributed by atoms with Crippen LogP contribution in [-0.2, 0) is 6.42 Å². The SMILES string of the molecule is Cc1cc(C)nc(-c2nc3c(s2)C(N)CCC3)c1. The Morgan fingerprint density at radius 1 is 1.28 bits per heavy atom. The van der Waals surface area contributed by atoms with Crippen molar-refractivity contribution >= 4 is 11.3 Å². The van der Waals surface area contributed by atoms with Crippen molar-refractivity contribution in [3.63, 3.8) is 0 Å². The standard InChI is InChI=1S/C14H17N3S/c1-8-6-9(2)16-12(7-8)14-17-11-5-3-4-10(15)13(11)18-14/h6-7,10H,3-5,15H2,1-2H3. The van der Waals surface area contributed by atoms with Crippen LogP contribution in [0.25, 0.3) is 10.7 Å². The van der Waals surface area contributed by atoms with E-state index in [-0.39, 0.29) is 6.04 Å². The summed E-state index contributed by atoms with van der Waals surface area (Å²) in [5.41, 5.74) is 10.6. The summed E-state index contributed by atoms with van der Waals surface area (Å²) in [6.07, 6.45) is 3.29. The van der Waals surface area contributed by atoms with E-state index >= 15 is 0 Å². The highest BCUT2D eigenvalue weighted by molar-refractivity contribution is 7.15. The summed E-state index contributed by atoms with van der Waals surface area (Å²) in [4.78, 5) is 10.6. The molecule has 0 saturated carbocycles. The molecule has 4 heteroatoms. The van der Waals surface area contributed by atoms with Crippen molar-refractivity contribution in [2.24, 2.45) is 5.73 Å². The summed E-state index contributed by atoms with van der Waals surface area (Å²) >= 11 is 1.72. The lowest BCUT2D eigenvalue weighted by Gasteiger charge is -2.15. The molecule has 2 N–H and O–H groups in total. The number of pyridine rings is 1.